The maximum Gasteiger partial charge on any atom is 0.243 e. The number of nitrogens with two attached hydrogens (primary N) is 1. The predicted octanol–water partition coefficient (Wildman–Crippen LogP) is 1.94. The van der Waals surface area contributed by atoms with Crippen LogP contribution < -0.4 is 5.73 Å². The van der Waals surface area contributed by atoms with Crippen LogP contribution in [0.5, 0.6) is 0 Å². The minimum absolute atomic E-state index is 0.00307. The van der Waals surface area contributed by atoms with E-state index in [1.54, 1.807) is 17.0 Å². The maximum atomic E-state index is 12.8. The predicted molar refractivity (Wildman–Crippen MR) is 103 cm³/mol. The average molecular weight is 382 g/mol. The van der Waals surface area contributed by atoms with E-state index in [1.165, 1.54) is 4.31 Å². The van der Waals surface area contributed by atoms with Crippen LogP contribution in [-0.4, -0.2) is 55.8 Å². The zero-order valence-electron chi connectivity index (χ0n) is 16.2. The molecule has 0 bridgehead atoms. The molecule has 26 heavy (non-hydrogen) atoms. The number of amides is 1. The molecule has 1 aromatic rings. The number of sulfonamides is 1. The molecule has 0 radical (unpaired) electrons. The molecule has 7 heteroatoms. The molecule has 1 atom stereocenters. The van der Waals surface area contributed by atoms with Crippen LogP contribution >= 0.6 is 0 Å². The monoisotopic (exact) mass is 381 g/mol. The number of hydrogen-bond donors (Lipinski definition) is 1. The van der Waals surface area contributed by atoms with Crippen molar-refractivity contribution in [2.75, 3.05) is 26.2 Å². The van der Waals surface area contributed by atoms with E-state index in [2.05, 4.69) is 20.8 Å². The lowest BCUT2D eigenvalue weighted by Crippen LogP contribution is -2.50. The molecule has 0 aromatic heterocycles. The van der Waals surface area contributed by atoms with E-state index >= 15 is 0 Å². The van der Waals surface area contributed by atoms with Crippen molar-refractivity contribution in [3.05, 3.63) is 29.8 Å². The number of benzene rings is 1. The Labute approximate surface area is 157 Å². The van der Waals surface area contributed by atoms with Gasteiger partial charge in [-0.25, -0.2) is 8.42 Å². The Morgan fingerprint density at radius 2 is 1.65 bits per heavy atom. The minimum Gasteiger partial charge on any atom is -0.340 e. The summed E-state index contributed by atoms with van der Waals surface area (Å²) in [6.07, 6.45) is 1.07. The van der Waals surface area contributed by atoms with Gasteiger partial charge in [0, 0.05) is 38.6 Å². The highest BCUT2D eigenvalue weighted by Gasteiger charge is 2.30. The molecule has 1 aliphatic rings. The molecule has 146 valence electrons. The van der Waals surface area contributed by atoms with Crippen molar-refractivity contribution >= 4 is 15.9 Å². The molecule has 1 heterocycles. The van der Waals surface area contributed by atoms with Gasteiger partial charge in [-0.1, -0.05) is 32.9 Å². The van der Waals surface area contributed by atoms with Gasteiger partial charge in [0.2, 0.25) is 15.9 Å². The first-order valence-corrected chi connectivity index (χ1v) is 10.6. The molecule has 0 aliphatic carbocycles. The van der Waals surface area contributed by atoms with Crippen LogP contribution in [0.25, 0.3) is 0 Å². The van der Waals surface area contributed by atoms with Gasteiger partial charge < -0.3 is 10.6 Å². The largest absolute Gasteiger partial charge is 0.340 e. The molecule has 1 amide bonds. The smallest absolute Gasteiger partial charge is 0.243 e. The van der Waals surface area contributed by atoms with Gasteiger partial charge in [0.1, 0.15) is 0 Å². The van der Waals surface area contributed by atoms with Gasteiger partial charge in [-0.15, -0.1) is 0 Å². The third kappa shape index (κ3) is 5.05. The van der Waals surface area contributed by atoms with Gasteiger partial charge >= 0.3 is 0 Å². The molecule has 1 unspecified atom stereocenters. The van der Waals surface area contributed by atoms with Crippen LogP contribution in [0.1, 0.15) is 46.1 Å². The Kier molecular flexibility index (Phi) is 6.47. The van der Waals surface area contributed by atoms with Crippen molar-refractivity contribution in [3.8, 4) is 0 Å². The second-order valence-electron chi connectivity index (χ2n) is 8.08. The summed E-state index contributed by atoms with van der Waals surface area (Å²) in [6.45, 7) is 9.67. The molecule has 1 aliphatic heterocycles. The lowest BCUT2D eigenvalue weighted by Gasteiger charge is -2.34. The minimum atomic E-state index is -3.52. The van der Waals surface area contributed by atoms with Crippen molar-refractivity contribution < 1.29 is 13.2 Å². The maximum absolute atomic E-state index is 12.8. The quantitative estimate of drug-likeness (QED) is 0.845. The van der Waals surface area contributed by atoms with Crippen molar-refractivity contribution in [2.45, 2.75) is 56.9 Å². The number of carbonyl (C=O) groups excluding carboxylic acids is 1. The molecule has 1 fully saturated rings. The van der Waals surface area contributed by atoms with Crippen LogP contribution in [0.2, 0.25) is 0 Å². The normalized spacial score (nSPS) is 18.0. The number of hydrogen-bond acceptors (Lipinski definition) is 4. The summed E-state index contributed by atoms with van der Waals surface area (Å²) in [6, 6.07) is 7.10. The first-order chi connectivity index (χ1) is 12.0. The summed E-state index contributed by atoms with van der Waals surface area (Å²) in [5.74, 6) is 0.0499. The zero-order valence-corrected chi connectivity index (χ0v) is 17.1. The fourth-order valence-corrected chi connectivity index (χ4v) is 4.39. The SMILES string of the molecule is CC(N)CCC(=O)N1CCN(S(=O)(=O)c2ccc(C(C)(C)C)cc2)CC1. The van der Waals surface area contributed by atoms with Gasteiger partial charge in [0.15, 0.2) is 0 Å². The fourth-order valence-electron chi connectivity index (χ4n) is 2.96. The number of rotatable bonds is 5. The Balaban J connectivity index is 2.00. The summed E-state index contributed by atoms with van der Waals surface area (Å²) in [5.41, 5.74) is 6.77. The molecule has 6 nitrogen and oxygen atoms in total. The summed E-state index contributed by atoms with van der Waals surface area (Å²) in [4.78, 5) is 14.2. The molecular weight excluding hydrogens is 350 g/mol. The summed E-state index contributed by atoms with van der Waals surface area (Å²) in [7, 11) is -3.52. The van der Waals surface area contributed by atoms with Crippen LogP contribution in [0.3, 0.4) is 0 Å². The van der Waals surface area contributed by atoms with Gasteiger partial charge in [0.05, 0.1) is 4.90 Å². The molecule has 1 aromatic carbocycles. The number of carbonyl (C=O) groups is 1. The molecule has 2 N–H and O–H groups in total. The van der Waals surface area contributed by atoms with Gasteiger partial charge in [-0.3, -0.25) is 4.79 Å². The lowest BCUT2D eigenvalue weighted by atomic mass is 9.87. The van der Waals surface area contributed by atoms with Crippen molar-refractivity contribution in [3.63, 3.8) is 0 Å². The third-order valence-corrected chi connectivity index (χ3v) is 6.68. The summed E-state index contributed by atoms with van der Waals surface area (Å²) in [5, 5.41) is 0. The Hall–Kier alpha value is -1.44. The van der Waals surface area contributed by atoms with Crippen LogP contribution in [-0.2, 0) is 20.2 Å². The molecule has 2 rings (SSSR count). The van der Waals surface area contributed by atoms with E-state index in [1.807, 2.05) is 19.1 Å². The molecule has 1 saturated heterocycles. The van der Waals surface area contributed by atoms with Gasteiger partial charge in [-0.05, 0) is 36.5 Å². The van der Waals surface area contributed by atoms with E-state index in [9.17, 15) is 13.2 Å². The highest BCUT2D eigenvalue weighted by Crippen LogP contribution is 2.25. The highest BCUT2D eigenvalue weighted by atomic mass is 32.2. The first kappa shape index (κ1) is 20.9. The van der Waals surface area contributed by atoms with Gasteiger partial charge in [-0.2, -0.15) is 4.31 Å². The second-order valence-corrected chi connectivity index (χ2v) is 10.0. The third-order valence-electron chi connectivity index (χ3n) is 4.76. The Morgan fingerprint density at radius 1 is 1.12 bits per heavy atom. The van der Waals surface area contributed by atoms with Crippen LogP contribution in [0.15, 0.2) is 29.2 Å². The molecule has 0 spiro atoms. The highest BCUT2D eigenvalue weighted by molar-refractivity contribution is 7.89. The standard InChI is InChI=1S/C19H31N3O3S/c1-15(20)5-10-18(23)21-11-13-22(14-12-21)26(24,25)17-8-6-16(7-9-17)19(2,3)4/h6-9,15H,5,10-14,20H2,1-4H3. The van der Waals surface area contributed by atoms with E-state index in [4.69, 9.17) is 5.73 Å². The summed E-state index contributed by atoms with van der Waals surface area (Å²) >= 11 is 0. The van der Waals surface area contributed by atoms with Crippen molar-refractivity contribution in [1.82, 2.24) is 9.21 Å². The number of piperazine rings is 1. The van der Waals surface area contributed by atoms with E-state index in [0.717, 1.165) is 5.56 Å². The van der Waals surface area contributed by atoms with Crippen molar-refractivity contribution in [1.29, 1.82) is 0 Å². The second kappa shape index (κ2) is 8.06. The molecule has 0 saturated carbocycles. The topological polar surface area (TPSA) is 83.7 Å². The fraction of sp³-hybridized carbons (Fsp3) is 0.632. The summed E-state index contributed by atoms with van der Waals surface area (Å²) < 4.78 is 27.2. The van der Waals surface area contributed by atoms with Gasteiger partial charge in [0.25, 0.3) is 0 Å². The zero-order chi connectivity index (χ0) is 19.5. The van der Waals surface area contributed by atoms with Crippen LogP contribution in [0, 0.1) is 0 Å². The van der Waals surface area contributed by atoms with E-state index in [-0.39, 0.29) is 17.4 Å². The number of nitrogens with zero attached hydrogens (tertiary/aromatic N) is 2. The van der Waals surface area contributed by atoms with E-state index < -0.39 is 10.0 Å². The lowest BCUT2D eigenvalue weighted by molar-refractivity contribution is -0.132. The van der Waals surface area contributed by atoms with Crippen LogP contribution in [0.4, 0.5) is 0 Å². The first-order valence-electron chi connectivity index (χ1n) is 9.16. The Bertz CT molecular complexity index is 713. The average Bonchev–Trinajstić information content (AvgIpc) is 2.59. The van der Waals surface area contributed by atoms with Crippen molar-refractivity contribution in [2.24, 2.45) is 5.73 Å². The molecular formula is C19H31N3O3S. The Morgan fingerprint density at radius 3 is 2.12 bits per heavy atom. The van der Waals surface area contributed by atoms with E-state index in [0.29, 0.717) is 43.9 Å².